The van der Waals surface area contributed by atoms with Crippen LogP contribution in [0, 0.1) is 10.1 Å². The van der Waals surface area contributed by atoms with E-state index in [9.17, 15) is 14.9 Å². The minimum atomic E-state index is -0.799. The Bertz CT molecular complexity index is 400. The third-order valence-corrected chi connectivity index (χ3v) is 1.73. The molecule has 0 aliphatic carbocycles. The van der Waals surface area contributed by atoms with Gasteiger partial charge in [0.25, 0.3) is 0 Å². The summed E-state index contributed by atoms with van der Waals surface area (Å²) < 4.78 is 0. The van der Waals surface area contributed by atoms with Gasteiger partial charge in [-0.25, -0.2) is 0 Å². The molecular weight excluding hydrogens is 190 g/mol. The first kappa shape index (κ1) is 10.4. The number of nitro groups is 1. The Morgan fingerprint density at radius 1 is 1.71 bits per heavy atom. The molecule has 76 valence electrons. The molecule has 1 aromatic rings. The van der Waals surface area contributed by atoms with Crippen molar-refractivity contribution in [3.63, 3.8) is 0 Å². The zero-order valence-electron chi connectivity index (χ0n) is 7.14. The van der Waals surface area contributed by atoms with Crippen LogP contribution in [0.25, 0.3) is 0 Å². The molecule has 0 amide bonds. The summed E-state index contributed by atoms with van der Waals surface area (Å²) in [6.45, 7) is -0.344. The first-order chi connectivity index (χ1) is 6.56. The highest BCUT2D eigenvalue weighted by molar-refractivity contribution is 5.31. The van der Waals surface area contributed by atoms with Gasteiger partial charge in [0.1, 0.15) is 0 Å². The van der Waals surface area contributed by atoms with Crippen molar-refractivity contribution in [1.82, 2.24) is 4.98 Å². The third-order valence-electron chi connectivity index (χ3n) is 1.73. The average Bonchev–Trinajstić information content (AvgIpc) is 2.17. The predicted molar refractivity (Wildman–Crippen MR) is 47.7 cm³/mol. The molecule has 0 aliphatic heterocycles. The van der Waals surface area contributed by atoms with Crippen LogP contribution in [-0.4, -0.2) is 21.6 Å². The number of rotatable bonds is 3. The molecule has 14 heavy (non-hydrogen) atoms. The van der Waals surface area contributed by atoms with Gasteiger partial charge in [-0.3, -0.25) is 14.9 Å². The fraction of sp³-hybridized carbons (Fsp3) is 0.286. The summed E-state index contributed by atoms with van der Waals surface area (Å²) in [6, 6.07) is 0.324. The standard InChI is InChI=1S/C7H9N3O4/c8-5(3-11)4-1-6(10(13)14)7(12)9-2-4/h1-2,5,11H,3,8H2,(H,9,12). The highest BCUT2D eigenvalue weighted by Gasteiger charge is 2.15. The lowest BCUT2D eigenvalue weighted by Gasteiger charge is -2.06. The molecule has 1 rings (SSSR count). The van der Waals surface area contributed by atoms with Crippen LogP contribution in [0.4, 0.5) is 5.69 Å². The molecule has 0 saturated heterocycles. The molecule has 7 heteroatoms. The average molecular weight is 199 g/mol. The van der Waals surface area contributed by atoms with Crippen molar-refractivity contribution in [1.29, 1.82) is 0 Å². The number of hydrogen-bond acceptors (Lipinski definition) is 5. The van der Waals surface area contributed by atoms with Crippen LogP contribution in [0.1, 0.15) is 11.6 Å². The summed E-state index contributed by atoms with van der Waals surface area (Å²) >= 11 is 0. The quantitative estimate of drug-likeness (QED) is 0.437. The van der Waals surface area contributed by atoms with E-state index in [0.29, 0.717) is 5.56 Å². The molecule has 0 spiro atoms. The van der Waals surface area contributed by atoms with Crippen LogP contribution in [-0.2, 0) is 0 Å². The van der Waals surface area contributed by atoms with E-state index in [1.54, 1.807) is 0 Å². The Morgan fingerprint density at radius 3 is 2.86 bits per heavy atom. The zero-order valence-corrected chi connectivity index (χ0v) is 7.14. The van der Waals surface area contributed by atoms with E-state index in [4.69, 9.17) is 10.8 Å². The first-order valence-electron chi connectivity index (χ1n) is 3.79. The highest BCUT2D eigenvalue weighted by atomic mass is 16.6. The lowest BCUT2D eigenvalue weighted by atomic mass is 10.1. The van der Waals surface area contributed by atoms with E-state index in [2.05, 4.69) is 4.98 Å². The topological polar surface area (TPSA) is 122 Å². The van der Waals surface area contributed by atoms with Gasteiger partial charge in [0.2, 0.25) is 0 Å². The number of nitrogens with zero attached hydrogens (tertiary/aromatic N) is 1. The maximum atomic E-state index is 10.9. The van der Waals surface area contributed by atoms with Crippen LogP contribution in [0.5, 0.6) is 0 Å². The molecular formula is C7H9N3O4. The molecule has 4 N–H and O–H groups in total. The van der Waals surface area contributed by atoms with E-state index in [1.165, 1.54) is 6.20 Å². The maximum Gasteiger partial charge on any atom is 0.334 e. The van der Waals surface area contributed by atoms with E-state index in [-0.39, 0.29) is 6.61 Å². The van der Waals surface area contributed by atoms with Gasteiger partial charge in [-0.15, -0.1) is 0 Å². The second-order valence-corrected chi connectivity index (χ2v) is 2.69. The number of aliphatic hydroxyl groups is 1. The Hall–Kier alpha value is -1.73. The van der Waals surface area contributed by atoms with Gasteiger partial charge < -0.3 is 15.8 Å². The molecule has 1 heterocycles. The number of H-pyrrole nitrogens is 1. The lowest BCUT2D eigenvalue weighted by molar-refractivity contribution is -0.386. The molecule has 0 aromatic carbocycles. The van der Waals surface area contributed by atoms with Crippen molar-refractivity contribution in [3.8, 4) is 0 Å². The molecule has 1 unspecified atom stereocenters. The lowest BCUT2D eigenvalue weighted by Crippen LogP contribution is -2.18. The van der Waals surface area contributed by atoms with Gasteiger partial charge in [-0.2, -0.15) is 0 Å². The number of aliphatic hydroxyl groups excluding tert-OH is 1. The summed E-state index contributed by atoms with van der Waals surface area (Å²) in [5.74, 6) is 0. The number of aromatic amines is 1. The number of pyridine rings is 1. The van der Waals surface area contributed by atoms with E-state index >= 15 is 0 Å². The molecule has 0 aliphatic rings. The van der Waals surface area contributed by atoms with E-state index in [1.807, 2.05) is 0 Å². The maximum absolute atomic E-state index is 10.9. The molecule has 0 radical (unpaired) electrons. The van der Waals surface area contributed by atoms with Gasteiger partial charge in [0.15, 0.2) is 0 Å². The molecule has 0 bridgehead atoms. The molecule has 0 fully saturated rings. The number of hydrogen-bond donors (Lipinski definition) is 3. The van der Waals surface area contributed by atoms with Crippen molar-refractivity contribution in [2.75, 3.05) is 6.61 Å². The minimum absolute atomic E-state index is 0.318. The zero-order chi connectivity index (χ0) is 10.7. The minimum Gasteiger partial charge on any atom is -0.394 e. The van der Waals surface area contributed by atoms with Crippen molar-refractivity contribution in [2.45, 2.75) is 6.04 Å². The first-order valence-corrected chi connectivity index (χ1v) is 3.79. The monoisotopic (exact) mass is 199 g/mol. The number of nitrogens with one attached hydrogen (secondary N) is 1. The van der Waals surface area contributed by atoms with Gasteiger partial charge in [0, 0.05) is 12.3 Å². The summed E-state index contributed by atoms with van der Waals surface area (Å²) in [7, 11) is 0. The van der Waals surface area contributed by atoms with Crippen LogP contribution >= 0.6 is 0 Å². The van der Waals surface area contributed by atoms with Crippen molar-refractivity contribution >= 4 is 5.69 Å². The normalized spacial score (nSPS) is 12.4. The van der Waals surface area contributed by atoms with Gasteiger partial charge in [-0.1, -0.05) is 0 Å². The van der Waals surface area contributed by atoms with Crippen LogP contribution in [0.3, 0.4) is 0 Å². The van der Waals surface area contributed by atoms with Crippen LogP contribution in [0.15, 0.2) is 17.1 Å². The van der Waals surface area contributed by atoms with Crippen molar-refractivity contribution in [3.05, 3.63) is 38.3 Å². The second-order valence-electron chi connectivity index (χ2n) is 2.69. The summed E-state index contributed by atoms with van der Waals surface area (Å²) in [5, 5.41) is 19.1. The van der Waals surface area contributed by atoms with Crippen molar-refractivity contribution < 1.29 is 10.0 Å². The summed E-state index contributed by atoms with van der Waals surface area (Å²) in [5.41, 5.74) is 4.37. The highest BCUT2D eigenvalue weighted by Crippen LogP contribution is 2.11. The fourth-order valence-electron chi connectivity index (χ4n) is 0.943. The smallest absolute Gasteiger partial charge is 0.334 e. The van der Waals surface area contributed by atoms with Crippen molar-refractivity contribution in [2.24, 2.45) is 5.73 Å². The van der Waals surface area contributed by atoms with Crippen LogP contribution < -0.4 is 11.3 Å². The van der Waals surface area contributed by atoms with Crippen LogP contribution in [0.2, 0.25) is 0 Å². The third kappa shape index (κ3) is 1.95. The molecule has 1 aromatic heterocycles. The van der Waals surface area contributed by atoms with E-state index in [0.717, 1.165) is 6.07 Å². The summed E-state index contributed by atoms with van der Waals surface area (Å²) in [6.07, 6.45) is 1.25. The second kappa shape index (κ2) is 3.99. The predicted octanol–water partition coefficient (Wildman–Crippen LogP) is -0.725. The Labute approximate surface area is 78.3 Å². The number of nitrogens with two attached hydrogens (primary N) is 1. The molecule has 1 atom stereocenters. The Balaban J connectivity index is 3.19. The SMILES string of the molecule is NC(CO)c1c[nH]c(=O)c([N+](=O)[O-])c1. The molecule has 0 saturated carbocycles. The van der Waals surface area contributed by atoms with Gasteiger partial charge in [-0.05, 0) is 5.56 Å². The largest absolute Gasteiger partial charge is 0.394 e. The number of aromatic nitrogens is 1. The van der Waals surface area contributed by atoms with E-state index < -0.39 is 22.2 Å². The molecule has 7 nitrogen and oxygen atoms in total. The Kier molecular flexibility index (Phi) is 2.95. The fourth-order valence-corrected chi connectivity index (χ4v) is 0.943. The summed E-state index contributed by atoms with van der Waals surface area (Å²) in [4.78, 5) is 22.7. The van der Waals surface area contributed by atoms with Gasteiger partial charge in [0.05, 0.1) is 17.6 Å². The van der Waals surface area contributed by atoms with Gasteiger partial charge >= 0.3 is 11.2 Å². The Morgan fingerprint density at radius 2 is 2.36 bits per heavy atom.